The van der Waals surface area contributed by atoms with E-state index in [0.717, 1.165) is 10.0 Å². The van der Waals surface area contributed by atoms with E-state index in [4.69, 9.17) is 0 Å². The number of nitrogens with one attached hydrogen (secondary N) is 3. The van der Waals surface area contributed by atoms with Gasteiger partial charge in [-0.05, 0) is 27.6 Å². The van der Waals surface area contributed by atoms with Crippen molar-refractivity contribution in [2.24, 2.45) is 5.10 Å². The van der Waals surface area contributed by atoms with Crippen molar-refractivity contribution in [3.8, 4) is 0 Å². The zero-order valence-corrected chi connectivity index (χ0v) is 12.8. The second kappa shape index (κ2) is 6.35. The van der Waals surface area contributed by atoms with E-state index in [9.17, 15) is 4.79 Å². The molecule has 0 spiro atoms. The van der Waals surface area contributed by atoms with E-state index < -0.39 is 0 Å². The van der Waals surface area contributed by atoms with E-state index in [-0.39, 0.29) is 5.56 Å². The summed E-state index contributed by atoms with van der Waals surface area (Å²) in [5.41, 5.74) is 4.13. The third-order valence-corrected chi connectivity index (χ3v) is 3.19. The van der Waals surface area contributed by atoms with Gasteiger partial charge in [-0.3, -0.25) is 4.79 Å². The van der Waals surface area contributed by atoms with Crippen molar-refractivity contribution in [3.63, 3.8) is 0 Å². The maximum atomic E-state index is 11.5. The topological polar surface area (TPSA) is 98.8 Å². The Bertz CT molecular complexity index is 896. The van der Waals surface area contributed by atoms with Gasteiger partial charge in [0.25, 0.3) is 5.56 Å². The quantitative estimate of drug-likeness (QED) is 0.492. The summed E-state index contributed by atoms with van der Waals surface area (Å²) in [4.78, 5) is 24.9. The number of allylic oxidation sites excluding steroid dienone is 1. The van der Waals surface area contributed by atoms with Gasteiger partial charge in [0.2, 0.25) is 5.95 Å². The van der Waals surface area contributed by atoms with Gasteiger partial charge in [0.15, 0.2) is 11.2 Å². The summed E-state index contributed by atoms with van der Waals surface area (Å²) in [7, 11) is 0. The predicted octanol–water partition coefficient (Wildman–Crippen LogP) is 2.48. The lowest BCUT2D eigenvalue weighted by atomic mass is 10.2. The Hall–Kier alpha value is -2.74. The van der Waals surface area contributed by atoms with Crippen LogP contribution in [0, 0.1) is 0 Å². The van der Waals surface area contributed by atoms with Crippen LogP contribution in [0.5, 0.6) is 0 Å². The van der Waals surface area contributed by atoms with E-state index in [1.807, 2.05) is 36.4 Å². The van der Waals surface area contributed by atoms with Gasteiger partial charge in [-0.1, -0.05) is 30.3 Å². The lowest BCUT2D eigenvalue weighted by Crippen LogP contribution is -2.05. The van der Waals surface area contributed by atoms with E-state index in [2.05, 4.69) is 46.4 Å². The third-order valence-electron chi connectivity index (χ3n) is 2.76. The normalized spacial score (nSPS) is 12.1. The number of hydrogen-bond acceptors (Lipinski definition) is 5. The lowest BCUT2D eigenvalue weighted by Gasteiger charge is -1.94. The molecule has 0 aliphatic carbocycles. The van der Waals surface area contributed by atoms with E-state index in [1.165, 1.54) is 6.33 Å². The van der Waals surface area contributed by atoms with Crippen LogP contribution < -0.4 is 11.0 Å². The predicted molar refractivity (Wildman–Crippen MR) is 90.0 cm³/mol. The largest absolute Gasteiger partial charge is 0.317 e. The summed E-state index contributed by atoms with van der Waals surface area (Å²) in [6.45, 7) is 0. The Morgan fingerprint density at radius 1 is 1.32 bits per heavy atom. The summed E-state index contributed by atoms with van der Waals surface area (Å²) in [6.07, 6.45) is 4.83. The number of halogens is 1. The van der Waals surface area contributed by atoms with Crippen LogP contribution >= 0.6 is 15.9 Å². The van der Waals surface area contributed by atoms with Crippen molar-refractivity contribution in [2.45, 2.75) is 0 Å². The molecule has 1 aromatic carbocycles. The maximum Gasteiger partial charge on any atom is 0.276 e. The molecule has 0 unspecified atom stereocenters. The molecule has 0 aliphatic rings. The molecule has 2 aromatic heterocycles. The van der Waals surface area contributed by atoms with Crippen molar-refractivity contribution in [1.29, 1.82) is 0 Å². The second-order valence-corrected chi connectivity index (χ2v) is 5.24. The highest BCUT2D eigenvalue weighted by Crippen LogP contribution is 2.11. The number of nitrogens with zero attached hydrogens (tertiary/aromatic N) is 3. The van der Waals surface area contributed by atoms with Crippen molar-refractivity contribution in [2.75, 3.05) is 5.43 Å². The molecular weight excluding hydrogens is 348 g/mol. The molecule has 0 radical (unpaired) electrons. The molecule has 0 bridgehead atoms. The highest BCUT2D eigenvalue weighted by Gasteiger charge is 2.05. The zero-order chi connectivity index (χ0) is 15.4. The third kappa shape index (κ3) is 3.29. The first-order valence-electron chi connectivity index (χ1n) is 6.37. The number of rotatable bonds is 4. The SMILES string of the molecule is O=c1[nH]cnc2nc(N/N=C\C(Br)=C\c3ccccc3)[nH]c12. The van der Waals surface area contributed by atoms with Crippen LogP contribution in [0.15, 0.2) is 51.0 Å². The van der Waals surface area contributed by atoms with Crippen molar-refractivity contribution in [1.82, 2.24) is 19.9 Å². The summed E-state index contributed by atoms with van der Waals surface area (Å²) >= 11 is 3.41. The first-order valence-corrected chi connectivity index (χ1v) is 7.16. The molecule has 0 atom stereocenters. The van der Waals surface area contributed by atoms with Crippen LogP contribution in [0.2, 0.25) is 0 Å². The highest BCUT2D eigenvalue weighted by atomic mass is 79.9. The van der Waals surface area contributed by atoms with Gasteiger partial charge in [0.05, 0.1) is 12.5 Å². The number of aromatic amines is 2. The molecule has 0 saturated heterocycles. The summed E-state index contributed by atoms with van der Waals surface area (Å²) < 4.78 is 0.790. The second-order valence-electron chi connectivity index (χ2n) is 4.33. The lowest BCUT2D eigenvalue weighted by molar-refractivity contribution is 1.15. The minimum atomic E-state index is -0.278. The van der Waals surface area contributed by atoms with Crippen LogP contribution in [0.25, 0.3) is 17.2 Å². The molecule has 0 amide bonds. The van der Waals surface area contributed by atoms with Crippen molar-refractivity contribution < 1.29 is 0 Å². The molecule has 2 heterocycles. The average Bonchev–Trinajstić information content (AvgIpc) is 2.93. The Labute approximate surface area is 133 Å². The summed E-state index contributed by atoms with van der Waals surface area (Å²) in [5.74, 6) is 0.343. The Morgan fingerprint density at radius 3 is 2.91 bits per heavy atom. The van der Waals surface area contributed by atoms with Gasteiger partial charge in [0, 0.05) is 4.48 Å². The van der Waals surface area contributed by atoms with Crippen LogP contribution in [-0.2, 0) is 0 Å². The minimum absolute atomic E-state index is 0.278. The Balaban J connectivity index is 1.72. The highest BCUT2D eigenvalue weighted by molar-refractivity contribution is 9.12. The number of H-pyrrole nitrogens is 2. The molecule has 7 nitrogen and oxygen atoms in total. The number of fused-ring (bicyclic) bond motifs is 1. The monoisotopic (exact) mass is 358 g/mol. The molecule has 110 valence electrons. The molecular formula is C14H11BrN6O. The van der Waals surface area contributed by atoms with Gasteiger partial charge in [-0.2, -0.15) is 10.1 Å². The van der Waals surface area contributed by atoms with Crippen LogP contribution in [0.3, 0.4) is 0 Å². The molecule has 8 heteroatoms. The Kier molecular flexibility index (Phi) is 4.10. The minimum Gasteiger partial charge on any atom is -0.317 e. The van der Waals surface area contributed by atoms with E-state index in [1.54, 1.807) is 6.21 Å². The Morgan fingerprint density at radius 2 is 2.14 bits per heavy atom. The number of hydrazone groups is 1. The van der Waals surface area contributed by atoms with Crippen LogP contribution in [-0.4, -0.2) is 26.2 Å². The van der Waals surface area contributed by atoms with Gasteiger partial charge >= 0.3 is 0 Å². The number of imidazole rings is 1. The molecule has 0 saturated carbocycles. The number of anilines is 1. The molecule has 22 heavy (non-hydrogen) atoms. The first-order chi connectivity index (χ1) is 10.7. The van der Waals surface area contributed by atoms with Crippen molar-refractivity contribution >= 4 is 45.3 Å². The smallest absolute Gasteiger partial charge is 0.276 e. The number of benzene rings is 1. The summed E-state index contributed by atoms with van der Waals surface area (Å²) in [5, 5.41) is 4.04. The van der Waals surface area contributed by atoms with Gasteiger partial charge in [-0.25, -0.2) is 10.4 Å². The van der Waals surface area contributed by atoms with Crippen molar-refractivity contribution in [3.05, 3.63) is 57.1 Å². The molecule has 3 rings (SSSR count). The van der Waals surface area contributed by atoms with Crippen LogP contribution in [0.4, 0.5) is 5.95 Å². The van der Waals surface area contributed by atoms with Crippen LogP contribution in [0.1, 0.15) is 5.56 Å². The fraction of sp³-hybridized carbons (Fsp3) is 0. The zero-order valence-electron chi connectivity index (χ0n) is 11.2. The molecule has 0 aliphatic heterocycles. The van der Waals surface area contributed by atoms with Gasteiger partial charge in [-0.15, -0.1) is 0 Å². The average molecular weight is 359 g/mol. The first kappa shape index (κ1) is 14.2. The van der Waals surface area contributed by atoms with E-state index >= 15 is 0 Å². The standard InChI is InChI=1S/C14H11BrN6O/c15-10(6-9-4-2-1-3-5-9)7-18-21-14-19-11-12(20-14)16-8-17-13(11)22/h1-8H,(H3,16,17,19,20,21,22)/b10-6-,18-7-. The molecule has 3 aromatic rings. The van der Waals surface area contributed by atoms with Gasteiger partial charge in [0.1, 0.15) is 0 Å². The maximum absolute atomic E-state index is 11.5. The number of hydrogen-bond donors (Lipinski definition) is 3. The molecule has 0 fully saturated rings. The fourth-order valence-corrected chi connectivity index (χ4v) is 2.16. The molecule has 3 N–H and O–H groups in total. The number of aromatic nitrogens is 4. The van der Waals surface area contributed by atoms with E-state index in [0.29, 0.717) is 17.1 Å². The fourth-order valence-electron chi connectivity index (χ4n) is 1.79. The van der Waals surface area contributed by atoms with Gasteiger partial charge < -0.3 is 9.97 Å². The summed E-state index contributed by atoms with van der Waals surface area (Å²) in [6, 6.07) is 9.85.